The number of hydrogen-bond donors (Lipinski definition) is 0. The van der Waals surface area contributed by atoms with Gasteiger partial charge in [-0.25, -0.2) is 9.97 Å². The largest absolute Gasteiger partial charge is 3.00 e. The van der Waals surface area contributed by atoms with E-state index in [-0.39, 0.29) is 17.1 Å². The molecule has 9 rings (SSSR count). The van der Waals surface area contributed by atoms with Crippen LogP contribution in [0, 0.1) is 0 Å². The van der Waals surface area contributed by atoms with E-state index in [2.05, 4.69) is 192 Å². The Balaban J connectivity index is 0.00000784. The minimum absolute atomic E-state index is 0. The standard InChI is InChI=1S/C64H76N8O4.Mn/c1-5-9-41-73-45-37-69-33-17-13-21-57(69)61-49-25-27-51(65-49)62(58-22-14-18-34-70(58)38-46-74-42-10-6-2)53-29-31-55(67-53)64(60-24-16-20-36-72(60)40-48-76-44-12-8-4)56-32-30-54(68-56)63(52-28-26-50(61)66-52)59-23-15-19-35-71(59)39-47-75-43-11-7-3;/h13-36H,5-12,37-48H2,1-4H3;/q+2;+3. The molecule has 13 heteroatoms. The first-order valence-electron chi connectivity index (χ1n) is 27.9. The zero-order valence-corrected chi connectivity index (χ0v) is 46.8. The van der Waals surface area contributed by atoms with Crippen LogP contribution in [0.4, 0.5) is 0 Å². The fourth-order valence-electron chi connectivity index (χ4n) is 9.78. The van der Waals surface area contributed by atoms with Crippen LogP contribution in [-0.4, -0.2) is 62.8 Å². The molecule has 0 radical (unpaired) electrons. The Kier molecular flexibility index (Phi) is 21.6. The molecule has 7 aromatic heterocycles. The predicted molar refractivity (Wildman–Crippen MR) is 302 cm³/mol. The maximum absolute atomic E-state index is 6.17. The van der Waals surface area contributed by atoms with E-state index in [1.165, 1.54) is 0 Å². The van der Waals surface area contributed by atoms with Gasteiger partial charge in [-0.05, 0) is 74.3 Å². The van der Waals surface area contributed by atoms with Crippen LogP contribution in [0.3, 0.4) is 0 Å². The van der Waals surface area contributed by atoms with Crippen molar-refractivity contribution < 1.29 is 54.3 Å². The van der Waals surface area contributed by atoms with Gasteiger partial charge < -0.3 is 28.9 Å². The average molecular weight is 1080 g/mol. The van der Waals surface area contributed by atoms with Gasteiger partial charge in [0.1, 0.15) is 26.4 Å². The van der Waals surface area contributed by atoms with E-state index in [1.54, 1.807) is 0 Å². The Morgan fingerprint density at radius 2 is 0.584 bits per heavy atom. The second kappa shape index (κ2) is 29.3. The second-order valence-electron chi connectivity index (χ2n) is 19.3. The van der Waals surface area contributed by atoms with Crippen molar-refractivity contribution in [2.24, 2.45) is 0 Å². The van der Waals surface area contributed by atoms with Gasteiger partial charge in [0.2, 0.25) is 22.8 Å². The monoisotopic (exact) mass is 1080 g/mol. The number of aromatic nitrogens is 8. The van der Waals surface area contributed by atoms with Crippen molar-refractivity contribution in [3.8, 4) is 45.0 Å². The SMILES string of the molecule is CCCCOCC[n+]1ccccc1-c1c2nc(c(-c3cccc[n+]3CCOCCCC)c3ccc([n-]3)c(-c3cccc[n+]3CCOCCCC)c3nc(c(-c4cccc[n+]4CCOCCCC)c4ccc1[n-]4)C=C3)C=C2.[Mn+3]. The number of unbranched alkanes of at least 4 members (excludes halogenated alkanes) is 4. The number of nitrogens with zero attached hydrogens (tertiary/aromatic N) is 8. The van der Waals surface area contributed by atoms with E-state index in [0.29, 0.717) is 52.6 Å². The van der Waals surface area contributed by atoms with Crippen LogP contribution in [0.25, 0.3) is 91.4 Å². The first kappa shape index (κ1) is 56.8. The zero-order valence-electron chi connectivity index (χ0n) is 45.6. The van der Waals surface area contributed by atoms with E-state index in [0.717, 1.165) is 168 Å². The molecular weight excluding hydrogens is 1000 g/mol. The molecule has 7 aromatic rings. The Morgan fingerprint density at radius 1 is 0.338 bits per heavy atom. The fourth-order valence-corrected chi connectivity index (χ4v) is 9.78. The predicted octanol–water partition coefficient (Wildman–Crippen LogP) is 11.0. The van der Waals surface area contributed by atoms with Gasteiger partial charge in [-0.2, -0.15) is 18.3 Å². The zero-order chi connectivity index (χ0) is 52.3. The van der Waals surface area contributed by atoms with Crippen LogP contribution in [0.2, 0.25) is 0 Å². The van der Waals surface area contributed by atoms with Gasteiger partial charge >= 0.3 is 17.1 Å². The Bertz CT molecular complexity index is 2850. The van der Waals surface area contributed by atoms with Crippen LogP contribution in [0.5, 0.6) is 0 Å². The third kappa shape index (κ3) is 14.2. The summed E-state index contributed by atoms with van der Waals surface area (Å²) in [7, 11) is 0. The van der Waals surface area contributed by atoms with E-state index in [9.17, 15) is 0 Å². The molecule has 0 spiro atoms. The molecule has 0 saturated carbocycles. The van der Waals surface area contributed by atoms with E-state index < -0.39 is 0 Å². The third-order valence-electron chi connectivity index (χ3n) is 13.9. The molecule has 0 saturated heterocycles. The molecule has 0 atom stereocenters. The molecule has 0 unspecified atom stereocenters. The summed E-state index contributed by atoms with van der Waals surface area (Å²) in [4.78, 5) is 22.6. The fraction of sp³-hybridized carbons (Fsp3) is 0.375. The molecule has 8 bridgehead atoms. The van der Waals surface area contributed by atoms with E-state index in [4.69, 9.17) is 38.9 Å². The van der Waals surface area contributed by atoms with Gasteiger partial charge in [0.15, 0.2) is 51.0 Å². The van der Waals surface area contributed by atoms with Crippen LogP contribution >= 0.6 is 0 Å². The molecule has 12 nitrogen and oxygen atoms in total. The number of pyridine rings is 4. The summed E-state index contributed by atoms with van der Waals surface area (Å²) in [5.74, 6) is 0. The topological polar surface area (TPSA) is 106 Å². The Labute approximate surface area is 466 Å². The maximum Gasteiger partial charge on any atom is 3.00 e. The summed E-state index contributed by atoms with van der Waals surface area (Å²) in [5.41, 5.74) is 14.1. The number of fused-ring (bicyclic) bond motifs is 8. The molecule has 2 aliphatic heterocycles. The van der Waals surface area contributed by atoms with Crippen LogP contribution in [0.15, 0.2) is 122 Å². The molecule has 398 valence electrons. The van der Waals surface area contributed by atoms with Gasteiger partial charge in [-0.3, -0.25) is 0 Å². The summed E-state index contributed by atoms with van der Waals surface area (Å²) in [6.07, 6.45) is 25.6. The van der Waals surface area contributed by atoms with E-state index in [1.807, 2.05) is 0 Å². The number of ether oxygens (including phenoxy) is 4. The summed E-state index contributed by atoms with van der Waals surface area (Å²) in [6.45, 7) is 16.7. The number of rotatable bonds is 28. The van der Waals surface area contributed by atoms with Crippen molar-refractivity contribution >= 4 is 46.4 Å². The summed E-state index contributed by atoms with van der Waals surface area (Å²) < 4.78 is 33.7. The Morgan fingerprint density at radius 3 is 0.818 bits per heavy atom. The molecule has 0 N–H and O–H groups in total. The number of hydrogen-bond acceptors (Lipinski definition) is 6. The second-order valence-corrected chi connectivity index (χ2v) is 19.3. The molecule has 9 heterocycles. The molecule has 0 aromatic carbocycles. The van der Waals surface area contributed by atoms with Gasteiger partial charge in [0, 0.05) is 75.0 Å². The first-order valence-corrected chi connectivity index (χ1v) is 27.9. The van der Waals surface area contributed by atoms with Crippen molar-refractivity contribution in [3.63, 3.8) is 0 Å². The molecule has 77 heavy (non-hydrogen) atoms. The van der Waals surface area contributed by atoms with Crippen molar-refractivity contribution in [2.75, 3.05) is 52.9 Å². The summed E-state index contributed by atoms with van der Waals surface area (Å²) in [5, 5.41) is 0. The minimum Gasteiger partial charge on any atom is -0.656 e. The smallest absolute Gasteiger partial charge is 0.656 e. The average Bonchev–Trinajstić information content (AvgIpc) is 4.33. The molecule has 0 aliphatic carbocycles. The third-order valence-corrected chi connectivity index (χ3v) is 13.9. The normalized spacial score (nSPS) is 11.9. The van der Waals surface area contributed by atoms with E-state index >= 15 is 0 Å². The van der Waals surface area contributed by atoms with Crippen molar-refractivity contribution in [1.82, 2.24) is 19.9 Å². The molecule has 0 fully saturated rings. The van der Waals surface area contributed by atoms with Crippen molar-refractivity contribution in [1.29, 1.82) is 0 Å². The van der Waals surface area contributed by atoms with Crippen LogP contribution < -0.4 is 28.2 Å². The Hall–Kier alpha value is -6.44. The summed E-state index contributed by atoms with van der Waals surface area (Å²) in [6, 6.07) is 34.0. The van der Waals surface area contributed by atoms with Crippen molar-refractivity contribution in [2.45, 2.75) is 105 Å². The van der Waals surface area contributed by atoms with Crippen LogP contribution in [-0.2, 0) is 62.2 Å². The molecule has 2 aliphatic rings. The molecule has 0 amide bonds. The molecular formula is C64H76MnN8O4+5. The quantitative estimate of drug-likeness (QED) is 0.0271. The van der Waals surface area contributed by atoms with Gasteiger partial charge in [-0.1, -0.05) is 77.6 Å². The first-order chi connectivity index (χ1) is 37.6. The summed E-state index contributed by atoms with van der Waals surface area (Å²) >= 11 is 0. The minimum atomic E-state index is 0. The van der Waals surface area contributed by atoms with Gasteiger partial charge in [-0.15, -0.1) is 22.1 Å². The van der Waals surface area contributed by atoms with Gasteiger partial charge in [0.25, 0.3) is 0 Å². The van der Waals surface area contributed by atoms with Crippen LogP contribution in [0.1, 0.15) is 102 Å². The van der Waals surface area contributed by atoms with Gasteiger partial charge in [0.05, 0.1) is 45.0 Å². The maximum atomic E-state index is 6.17. The van der Waals surface area contributed by atoms with Crippen molar-refractivity contribution in [3.05, 3.63) is 145 Å².